The molecule has 3 aliphatic rings. The first-order chi connectivity index (χ1) is 21.6. The number of thioether (sulfide) groups is 1. The van der Waals surface area contributed by atoms with Gasteiger partial charge in [-0.05, 0) is 42.2 Å². The predicted molar refractivity (Wildman–Crippen MR) is 169 cm³/mol. The predicted octanol–water partition coefficient (Wildman–Crippen LogP) is 5.10. The number of carbonyl (C=O) groups excluding carboxylic acids is 1. The van der Waals surface area contributed by atoms with Gasteiger partial charge in [0.25, 0.3) is 5.91 Å². The number of carbonyl (C=O) groups is 1. The molecule has 0 N–H and O–H groups in total. The van der Waals surface area contributed by atoms with Crippen LogP contribution >= 0.6 is 18.9 Å². The van der Waals surface area contributed by atoms with Gasteiger partial charge < -0.3 is 18.9 Å². The molecule has 1 unspecified atom stereocenters. The van der Waals surface area contributed by atoms with Crippen LogP contribution in [0.4, 0.5) is 8.78 Å². The normalized spacial score (nSPS) is 19.2. The summed E-state index contributed by atoms with van der Waals surface area (Å²) in [6.07, 6.45) is 0.768. The smallest absolute Gasteiger partial charge is 0.278 e. The van der Waals surface area contributed by atoms with Gasteiger partial charge in [0.15, 0.2) is 23.1 Å². The van der Waals surface area contributed by atoms with E-state index in [0.717, 1.165) is 22.1 Å². The molecule has 232 valence electrons. The Labute approximate surface area is 262 Å². The van der Waals surface area contributed by atoms with E-state index >= 15 is 4.39 Å². The summed E-state index contributed by atoms with van der Waals surface area (Å²) in [5, 5.41) is 1.88. The van der Waals surface area contributed by atoms with Crippen LogP contribution in [0.15, 0.2) is 82.6 Å². The molecule has 4 heterocycles. The van der Waals surface area contributed by atoms with Crippen molar-refractivity contribution in [1.29, 1.82) is 0 Å². The van der Waals surface area contributed by atoms with E-state index in [1.807, 2.05) is 59.6 Å². The highest BCUT2D eigenvalue weighted by Gasteiger charge is 2.47. The fraction of sp³-hybridized carbons (Fsp3) is 0.273. The van der Waals surface area contributed by atoms with Crippen LogP contribution in [0.25, 0.3) is 0 Å². The zero-order valence-electron chi connectivity index (χ0n) is 24.6. The molecule has 1 aromatic heterocycles. The van der Waals surface area contributed by atoms with Gasteiger partial charge in [-0.1, -0.05) is 54.6 Å². The van der Waals surface area contributed by atoms with Crippen molar-refractivity contribution in [2.24, 2.45) is 0 Å². The van der Waals surface area contributed by atoms with Crippen LogP contribution in [0.1, 0.15) is 38.8 Å². The van der Waals surface area contributed by atoms with Crippen molar-refractivity contribution in [2.75, 3.05) is 38.1 Å². The maximum atomic E-state index is 15.5. The van der Waals surface area contributed by atoms with Crippen LogP contribution in [-0.2, 0) is 21.7 Å². The third kappa shape index (κ3) is 5.07. The Balaban J connectivity index is 1.53. The number of rotatable bonds is 5. The Kier molecular flexibility index (Phi) is 7.58. The van der Waals surface area contributed by atoms with Gasteiger partial charge >= 0.3 is 0 Å². The van der Waals surface area contributed by atoms with Crippen LogP contribution in [0.3, 0.4) is 0 Å². The Morgan fingerprint density at radius 3 is 2.53 bits per heavy atom. The Morgan fingerprint density at radius 1 is 1.00 bits per heavy atom. The second kappa shape index (κ2) is 11.5. The number of fused-ring (bicyclic) bond motifs is 4. The third-order valence-corrected chi connectivity index (χ3v) is 11.0. The summed E-state index contributed by atoms with van der Waals surface area (Å²) in [5.41, 5.74) is 1.67. The molecule has 1 fully saturated rings. The van der Waals surface area contributed by atoms with E-state index in [9.17, 15) is 18.5 Å². The summed E-state index contributed by atoms with van der Waals surface area (Å²) in [6.45, 7) is 3.63. The fourth-order valence-corrected chi connectivity index (χ4v) is 8.36. The summed E-state index contributed by atoms with van der Waals surface area (Å²) in [6, 6.07) is 18.8. The second-order valence-corrected chi connectivity index (χ2v) is 15.8. The lowest BCUT2D eigenvalue weighted by Crippen LogP contribution is -2.66. The van der Waals surface area contributed by atoms with Crippen molar-refractivity contribution in [1.82, 2.24) is 9.58 Å². The molecule has 3 aromatic carbocycles. The number of hydrogen-bond donors (Lipinski definition) is 0. The molecule has 7 rings (SSSR count). The highest BCUT2D eigenvalue weighted by atomic mass is 32.2. The molecule has 45 heavy (non-hydrogen) atoms. The van der Waals surface area contributed by atoms with Crippen LogP contribution in [0.5, 0.6) is 5.75 Å². The number of ether oxygens (including phenoxy) is 2. The summed E-state index contributed by atoms with van der Waals surface area (Å²) in [7, 11) is -3.21. The Morgan fingerprint density at radius 2 is 1.76 bits per heavy atom. The molecule has 8 nitrogen and oxygen atoms in total. The first kappa shape index (κ1) is 29.8. The van der Waals surface area contributed by atoms with Gasteiger partial charge in [-0.15, -0.1) is 11.8 Å². The molecule has 12 heteroatoms. The maximum Gasteiger partial charge on any atom is 0.278 e. The van der Waals surface area contributed by atoms with E-state index in [1.54, 1.807) is 15.6 Å². The number of hydrogen-bond acceptors (Lipinski definition) is 7. The number of amides is 1. The highest BCUT2D eigenvalue weighted by molar-refractivity contribution is 7.98. The minimum Gasteiger partial charge on any atom is -0.482 e. The lowest BCUT2D eigenvalue weighted by atomic mass is 9.93. The number of halogens is 2. The van der Waals surface area contributed by atoms with E-state index in [4.69, 9.17) is 9.47 Å². The average Bonchev–Trinajstić information content (AvgIpc) is 3.20. The third-order valence-electron chi connectivity index (χ3n) is 8.43. The monoisotopic (exact) mass is 649 g/mol. The number of aromatic nitrogens is 1. The lowest BCUT2D eigenvalue weighted by Gasteiger charge is -2.51. The molecule has 4 aromatic rings. The van der Waals surface area contributed by atoms with Crippen LogP contribution in [0.2, 0.25) is 0 Å². The quantitative estimate of drug-likeness (QED) is 0.279. The molecule has 1 amide bonds. The van der Waals surface area contributed by atoms with Crippen LogP contribution in [-0.4, -0.2) is 54.7 Å². The standard InChI is InChI=1S/C33H30F2N3O5PS/c1-44(2,41)25-16-37-30(32(31(25)39)43-17-20-8-4-3-5-9-20)33(40)36-14-15-42-18-27(36)38(37)29-21-12-13-24(34)28(35)23(21)19-45-26-11-7-6-10-22(26)29/h3-13,16,27,29H,14-15,17-19H2,1-2H3/t27-,29?/m1/s1. The largest absolute Gasteiger partial charge is 0.482 e. The summed E-state index contributed by atoms with van der Waals surface area (Å²) < 4.78 is 57.4. The van der Waals surface area contributed by atoms with Crippen LogP contribution in [0, 0.1) is 11.6 Å². The van der Waals surface area contributed by atoms with Gasteiger partial charge in [-0.25, -0.2) is 8.78 Å². The van der Waals surface area contributed by atoms with E-state index in [0.29, 0.717) is 5.56 Å². The number of benzene rings is 3. The Bertz CT molecular complexity index is 1930. The van der Waals surface area contributed by atoms with E-state index in [2.05, 4.69) is 0 Å². The van der Waals surface area contributed by atoms with E-state index in [1.165, 1.54) is 31.3 Å². The summed E-state index contributed by atoms with van der Waals surface area (Å²) in [4.78, 5) is 30.8. The van der Waals surface area contributed by atoms with Gasteiger partial charge in [0.2, 0.25) is 5.43 Å². The molecule has 1 saturated heterocycles. The molecule has 0 saturated carbocycles. The zero-order valence-corrected chi connectivity index (χ0v) is 26.3. The van der Waals surface area contributed by atoms with Crippen molar-refractivity contribution < 1.29 is 27.6 Å². The average molecular weight is 650 g/mol. The molecular weight excluding hydrogens is 619 g/mol. The number of nitrogens with zero attached hydrogens (tertiary/aromatic N) is 3. The minimum atomic E-state index is -3.21. The van der Waals surface area contributed by atoms with Gasteiger partial charge in [0.1, 0.15) is 19.9 Å². The van der Waals surface area contributed by atoms with Crippen molar-refractivity contribution >= 4 is 30.1 Å². The number of morpholine rings is 1. The van der Waals surface area contributed by atoms with Crippen molar-refractivity contribution in [3.63, 3.8) is 0 Å². The van der Waals surface area contributed by atoms with Gasteiger partial charge in [0.05, 0.1) is 24.6 Å². The van der Waals surface area contributed by atoms with Gasteiger partial charge in [-0.2, -0.15) is 0 Å². The molecule has 0 bridgehead atoms. The molecule has 0 spiro atoms. The first-order valence-electron chi connectivity index (χ1n) is 14.5. The van der Waals surface area contributed by atoms with Crippen molar-refractivity contribution in [3.8, 4) is 5.75 Å². The molecule has 0 aliphatic carbocycles. The lowest BCUT2D eigenvalue weighted by molar-refractivity contribution is -0.0198. The minimum absolute atomic E-state index is 0.000304. The molecule has 2 atom stereocenters. The SMILES string of the molecule is CP(C)(=O)c1cn2c(c(OCc3ccccc3)c1=O)C(=O)N1CCOC[C@H]1N2C1c2ccccc2SCc2c1ccc(F)c2F. The summed E-state index contributed by atoms with van der Waals surface area (Å²) >= 11 is 1.40. The van der Waals surface area contributed by atoms with Crippen LogP contribution < -0.4 is 20.5 Å². The molecular formula is C33H30F2N3O5PS. The van der Waals surface area contributed by atoms with E-state index in [-0.39, 0.29) is 54.4 Å². The first-order valence-corrected chi connectivity index (χ1v) is 18.1. The molecule has 0 radical (unpaired) electrons. The topological polar surface area (TPSA) is 81.1 Å². The zero-order chi connectivity index (χ0) is 31.5. The maximum absolute atomic E-state index is 15.5. The number of pyridine rings is 1. The van der Waals surface area contributed by atoms with Gasteiger partial charge in [0, 0.05) is 29.0 Å². The fourth-order valence-electron chi connectivity index (χ4n) is 6.26. The van der Waals surface area contributed by atoms with Crippen molar-refractivity contribution in [2.45, 2.75) is 29.5 Å². The van der Waals surface area contributed by atoms with E-state index < -0.39 is 42.3 Å². The highest BCUT2D eigenvalue weighted by Crippen LogP contribution is 2.46. The molecule has 3 aliphatic heterocycles. The Hall–Kier alpha value is -3.92. The van der Waals surface area contributed by atoms with Crippen molar-refractivity contribution in [3.05, 3.63) is 123 Å². The van der Waals surface area contributed by atoms with Gasteiger partial charge in [-0.3, -0.25) is 19.3 Å². The summed E-state index contributed by atoms with van der Waals surface area (Å²) in [5.74, 6) is -2.33. The second-order valence-electron chi connectivity index (χ2n) is 11.6.